The van der Waals surface area contributed by atoms with Crippen molar-refractivity contribution < 1.29 is 9.72 Å². The Morgan fingerprint density at radius 2 is 1.88 bits per heavy atom. The van der Waals surface area contributed by atoms with Crippen molar-refractivity contribution in [1.29, 1.82) is 5.26 Å². The molecule has 2 N–H and O–H groups in total. The minimum Gasteiger partial charge on any atom is -0.306 e. The van der Waals surface area contributed by atoms with Gasteiger partial charge in [0.05, 0.1) is 21.9 Å². The summed E-state index contributed by atoms with van der Waals surface area (Å²) in [5, 5.41) is 27.0. The lowest BCUT2D eigenvalue weighted by atomic mass is 10.1. The highest BCUT2D eigenvalue weighted by Crippen LogP contribution is 2.26. The Labute approximate surface area is 151 Å². The topological polar surface area (TPSA) is 121 Å². The Morgan fingerprint density at radius 3 is 2.58 bits per heavy atom. The average Bonchev–Trinajstić information content (AvgIpc) is 3.10. The van der Waals surface area contributed by atoms with E-state index < -0.39 is 11.0 Å². The number of anilines is 2. The molecule has 0 bridgehead atoms. The number of para-hydroxylation sites is 1. The highest BCUT2D eigenvalue weighted by molar-refractivity contribution is 7.14. The minimum atomic E-state index is -0.516. The molecule has 1 heterocycles. The smallest absolute Gasteiger partial charge is 0.306 e. The fraction of sp³-hybridized carbons (Fsp3) is 0. The third-order valence-corrected chi connectivity index (χ3v) is 4.15. The zero-order chi connectivity index (χ0) is 18.5. The van der Waals surface area contributed by atoms with Gasteiger partial charge in [0, 0.05) is 23.1 Å². The van der Waals surface area contributed by atoms with Gasteiger partial charge in [0.2, 0.25) is 0 Å². The largest absolute Gasteiger partial charge is 0.325 e. The molecule has 26 heavy (non-hydrogen) atoms. The van der Waals surface area contributed by atoms with Crippen LogP contribution in [0.2, 0.25) is 0 Å². The van der Waals surface area contributed by atoms with E-state index in [9.17, 15) is 14.9 Å². The quantitative estimate of drug-likeness (QED) is 0.529. The first-order valence-corrected chi connectivity index (χ1v) is 8.22. The van der Waals surface area contributed by atoms with Crippen molar-refractivity contribution in [2.75, 3.05) is 10.6 Å². The summed E-state index contributed by atoms with van der Waals surface area (Å²) in [5.41, 5.74) is 2.05. The highest BCUT2D eigenvalue weighted by Gasteiger charge is 2.11. The number of nitrogens with zero attached hydrogens (tertiary/aromatic N) is 3. The van der Waals surface area contributed by atoms with Crippen LogP contribution in [0.4, 0.5) is 21.3 Å². The van der Waals surface area contributed by atoms with Crippen molar-refractivity contribution in [1.82, 2.24) is 4.98 Å². The van der Waals surface area contributed by atoms with Crippen LogP contribution in [0.5, 0.6) is 0 Å². The number of thiazole rings is 1. The van der Waals surface area contributed by atoms with Gasteiger partial charge in [-0.2, -0.15) is 5.26 Å². The van der Waals surface area contributed by atoms with Gasteiger partial charge in [-0.1, -0.05) is 12.1 Å². The Balaban J connectivity index is 1.69. The molecule has 0 saturated heterocycles. The lowest BCUT2D eigenvalue weighted by Gasteiger charge is -2.06. The fourth-order valence-electron chi connectivity index (χ4n) is 2.16. The van der Waals surface area contributed by atoms with Gasteiger partial charge >= 0.3 is 6.03 Å². The van der Waals surface area contributed by atoms with Crippen LogP contribution in [0.15, 0.2) is 53.9 Å². The molecule has 2 amide bonds. The number of nitro benzene ring substituents is 1. The molecule has 0 radical (unpaired) electrons. The number of aromatic nitrogens is 1. The number of amides is 2. The number of non-ortho nitro benzene ring substituents is 1. The predicted octanol–water partition coefficient (Wildman–Crippen LogP) is 4.23. The number of nitrogens with one attached hydrogen (secondary N) is 2. The van der Waals surface area contributed by atoms with E-state index in [0.29, 0.717) is 27.6 Å². The van der Waals surface area contributed by atoms with E-state index in [1.807, 2.05) is 6.07 Å². The van der Waals surface area contributed by atoms with Crippen LogP contribution in [-0.2, 0) is 0 Å². The zero-order valence-electron chi connectivity index (χ0n) is 13.2. The van der Waals surface area contributed by atoms with Gasteiger partial charge in [-0.3, -0.25) is 15.4 Å². The molecule has 9 heteroatoms. The van der Waals surface area contributed by atoms with E-state index in [1.165, 1.54) is 23.5 Å². The first kappa shape index (κ1) is 17.1. The van der Waals surface area contributed by atoms with Crippen LogP contribution in [0, 0.1) is 21.4 Å². The lowest BCUT2D eigenvalue weighted by molar-refractivity contribution is -0.384. The van der Waals surface area contributed by atoms with Crippen molar-refractivity contribution >= 4 is 33.9 Å². The molecule has 128 valence electrons. The second-order valence-corrected chi connectivity index (χ2v) is 5.94. The lowest BCUT2D eigenvalue weighted by Crippen LogP contribution is -2.19. The molecule has 3 aromatic rings. The molecule has 0 aliphatic rings. The zero-order valence-corrected chi connectivity index (χ0v) is 14.0. The third kappa shape index (κ3) is 3.82. The maximum absolute atomic E-state index is 12.1. The Bertz CT molecular complexity index is 1010. The van der Waals surface area contributed by atoms with Gasteiger partial charge in [0.25, 0.3) is 5.69 Å². The van der Waals surface area contributed by atoms with Gasteiger partial charge in [0.15, 0.2) is 5.13 Å². The van der Waals surface area contributed by atoms with E-state index in [0.717, 1.165) is 0 Å². The van der Waals surface area contributed by atoms with Gasteiger partial charge < -0.3 is 5.32 Å². The summed E-state index contributed by atoms with van der Waals surface area (Å²) in [6, 6.07) is 14.1. The monoisotopic (exact) mass is 365 g/mol. The molecule has 3 rings (SSSR count). The van der Waals surface area contributed by atoms with Gasteiger partial charge in [-0.05, 0) is 24.3 Å². The van der Waals surface area contributed by atoms with Crippen molar-refractivity contribution in [2.24, 2.45) is 0 Å². The van der Waals surface area contributed by atoms with E-state index in [1.54, 1.807) is 41.8 Å². The van der Waals surface area contributed by atoms with Crippen LogP contribution in [0.1, 0.15) is 5.56 Å². The third-order valence-electron chi connectivity index (χ3n) is 3.39. The number of nitriles is 1. The Hall–Kier alpha value is -3.77. The number of hydrogen-bond acceptors (Lipinski definition) is 6. The molecule has 0 fully saturated rings. The van der Waals surface area contributed by atoms with Crippen molar-refractivity contribution in [3.8, 4) is 17.3 Å². The molecule has 0 spiro atoms. The number of benzene rings is 2. The Kier molecular flexibility index (Phi) is 4.87. The maximum Gasteiger partial charge on any atom is 0.325 e. The standard InChI is InChI=1S/C17H11N5O3S/c18-9-12-3-1-2-4-14(12)19-16(23)21-17-20-15(10-26-17)11-5-7-13(8-6-11)22(24)25/h1-8,10H,(H2,19,20,21,23). The summed E-state index contributed by atoms with van der Waals surface area (Å²) in [6.45, 7) is 0. The minimum absolute atomic E-state index is 0.00198. The average molecular weight is 365 g/mol. The molecule has 0 aliphatic carbocycles. The first-order valence-electron chi connectivity index (χ1n) is 7.34. The van der Waals surface area contributed by atoms with Gasteiger partial charge in [-0.15, -0.1) is 11.3 Å². The summed E-state index contributed by atoms with van der Waals surface area (Å²) in [4.78, 5) is 26.6. The first-order chi connectivity index (χ1) is 12.6. The number of hydrogen-bond donors (Lipinski definition) is 2. The van der Waals surface area contributed by atoms with E-state index in [2.05, 4.69) is 15.6 Å². The van der Waals surface area contributed by atoms with E-state index in [-0.39, 0.29) is 5.69 Å². The maximum atomic E-state index is 12.1. The molecule has 8 nitrogen and oxygen atoms in total. The molecular formula is C17H11N5O3S. The predicted molar refractivity (Wildman–Crippen MR) is 98.0 cm³/mol. The van der Waals surface area contributed by atoms with Crippen LogP contribution in [-0.4, -0.2) is 15.9 Å². The second kappa shape index (κ2) is 7.42. The van der Waals surface area contributed by atoms with Gasteiger partial charge in [0.1, 0.15) is 6.07 Å². The van der Waals surface area contributed by atoms with Crippen LogP contribution in [0.3, 0.4) is 0 Å². The van der Waals surface area contributed by atoms with E-state index >= 15 is 0 Å². The highest BCUT2D eigenvalue weighted by atomic mass is 32.1. The van der Waals surface area contributed by atoms with Crippen LogP contribution in [0.25, 0.3) is 11.3 Å². The second-order valence-electron chi connectivity index (χ2n) is 5.08. The number of rotatable bonds is 4. The molecule has 0 saturated carbocycles. The van der Waals surface area contributed by atoms with Crippen LogP contribution >= 0.6 is 11.3 Å². The summed E-state index contributed by atoms with van der Waals surface area (Å²) in [7, 11) is 0. The normalized spacial score (nSPS) is 9.96. The number of carbonyl (C=O) groups is 1. The van der Waals surface area contributed by atoms with Gasteiger partial charge in [-0.25, -0.2) is 9.78 Å². The summed E-state index contributed by atoms with van der Waals surface area (Å²) >= 11 is 1.22. The van der Waals surface area contributed by atoms with Crippen molar-refractivity contribution in [3.63, 3.8) is 0 Å². The SMILES string of the molecule is N#Cc1ccccc1NC(=O)Nc1nc(-c2ccc([N+](=O)[O-])cc2)cs1. The molecule has 0 unspecified atom stereocenters. The number of urea groups is 1. The molecular weight excluding hydrogens is 354 g/mol. The van der Waals surface area contributed by atoms with Crippen LogP contribution < -0.4 is 10.6 Å². The van der Waals surface area contributed by atoms with E-state index in [4.69, 9.17) is 5.26 Å². The number of nitro groups is 1. The molecule has 1 aromatic heterocycles. The Morgan fingerprint density at radius 1 is 1.15 bits per heavy atom. The summed E-state index contributed by atoms with van der Waals surface area (Å²) < 4.78 is 0. The summed E-state index contributed by atoms with van der Waals surface area (Å²) in [5.74, 6) is 0. The molecule has 0 aliphatic heterocycles. The van der Waals surface area contributed by atoms with Crippen molar-refractivity contribution in [3.05, 3.63) is 69.6 Å². The fourth-order valence-corrected chi connectivity index (χ4v) is 2.87. The summed E-state index contributed by atoms with van der Waals surface area (Å²) in [6.07, 6.45) is 0. The number of carbonyl (C=O) groups excluding carboxylic acids is 1. The molecule has 0 atom stereocenters. The molecule has 2 aromatic carbocycles. The van der Waals surface area contributed by atoms with Crippen molar-refractivity contribution in [2.45, 2.75) is 0 Å².